The van der Waals surface area contributed by atoms with Gasteiger partial charge in [0.05, 0.1) is 13.7 Å². The molecule has 22 heavy (non-hydrogen) atoms. The quantitative estimate of drug-likeness (QED) is 0.648. The van der Waals surface area contributed by atoms with Crippen LogP contribution in [0.4, 0.5) is 0 Å². The number of carbonyl (C=O) groups excluding carboxylic acids is 3. The van der Waals surface area contributed by atoms with Crippen molar-refractivity contribution in [2.75, 3.05) is 7.11 Å². The van der Waals surface area contributed by atoms with Crippen molar-refractivity contribution in [1.82, 2.24) is 10.2 Å². The van der Waals surface area contributed by atoms with E-state index in [9.17, 15) is 14.4 Å². The molecule has 0 radical (unpaired) electrons. The molecule has 7 heteroatoms. The Hall–Kier alpha value is -2.15. The third-order valence-corrected chi connectivity index (χ3v) is 4.14. The Kier molecular flexibility index (Phi) is 4.65. The van der Waals surface area contributed by atoms with Crippen molar-refractivity contribution < 1.29 is 19.1 Å². The van der Waals surface area contributed by atoms with Crippen LogP contribution in [0, 0.1) is 0 Å². The van der Waals surface area contributed by atoms with Crippen LogP contribution >= 0.6 is 15.9 Å². The summed E-state index contributed by atoms with van der Waals surface area (Å²) in [6.07, 6.45) is 0. The molecule has 0 aliphatic carbocycles. The number of esters is 1. The van der Waals surface area contributed by atoms with E-state index in [4.69, 9.17) is 0 Å². The second-order valence-electron chi connectivity index (χ2n) is 4.82. The van der Waals surface area contributed by atoms with Gasteiger partial charge in [0, 0.05) is 10.0 Å². The minimum atomic E-state index is -0.818. The lowest BCUT2D eigenvalue weighted by Gasteiger charge is -2.19. The zero-order valence-corrected chi connectivity index (χ0v) is 13.8. The number of halogens is 1. The van der Waals surface area contributed by atoms with Gasteiger partial charge in [0.1, 0.15) is 11.7 Å². The van der Waals surface area contributed by atoms with Gasteiger partial charge in [0.15, 0.2) is 0 Å². The van der Waals surface area contributed by atoms with E-state index >= 15 is 0 Å². The smallest absolute Gasteiger partial charge is 0.328 e. The average Bonchev–Trinajstić information content (AvgIpc) is 2.84. The van der Waals surface area contributed by atoms with Crippen LogP contribution in [-0.2, 0) is 20.9 Å². The standard InChI is InChI=1S/C15H15BrN2O4/c1-8(15(21)22-3)17-13(19)9(2)18-7-11-10(14(18)20)5-4-6-12(11)16/h4-6,8H,2,7H2,1,3H3,(H,17,19). The number of nitrogens with zero attached hydrogens (tertiary/aromatic N) is 1. The molecule has 1 unspecified atom stereocenters. The van der Waals surface area contributed by atoms with Gasteiger partial charge in [-0.25, -0.2) is 4.79 Å². The Morgan fingerprint density at radius 1 is 1.45 bits per heavy atom. The van der Waals surface area contributed by atoms with Crippen LogP contribution in [0.5, 0.6) is 0 Å². The molecule has 6 nitrogen and oxygen atoms in total. The zero-order valence-electron chi connectivity index (χ0n) is 12.2. The highest BCUT2D eigenvalue weighted by Gasteiger charge is 2.33. The normalized spacial score (nSPS) is 14.3. The average molecular weight is 367 g/mol. The molecule has 0 saturated heterocycles. The van der Waals surface area contributed by atoms with Gasteiger partial charge >= 0.3 is 5.97 Å². The molecule has 1 aliphatic rings. The van der Waals surface area contributed by atoms with Gasteiger partial charge in [-0.2, -0.15) is 0 Å². The SMILES string of the molecule is C=C(C(=O)NC(C)C(=O)OC)N1Cc2c(Br)cccc2C1=O. The summed E-state index contributed by atoms with van der Waals surface area (Å²) in [7, 11) is 1.23. The maximum atomic E-state index is 12.3. The number of carbonyl (C=O) groups is 3. The van der Waals surface area contributed by atoms with Crippen LogP contribution in [0.3, 0.4) is 0 Å². The third kappa shape index (κ3) is 2.89. The fourth-order valence-electron chi connectivity index (χ4n) is 2.15. The van der Waals surface area contributed by atoms with Crippen molar-refractivity contribution in [1.29, 1.82) is 0 Å². The lowest BCUT2D eigenvalue weighted by Crippen LogP contribution is -2.43. The highest BCUT2D eigenvalue weighted by molar-refractivity contribution is 9.10. The van der Waals surface area contributed by atoms with Gasteiger partial charge in [-0.05, 0) is 24.6 Å². The van der Waals surface area contributed by atoms with E-state index in [0.29, 0.717) is 5.56 Å². The monoisotopic (exact) mass is 366 g/mol. The lowest BCUT2D eigenvalue weighted by molar-refractivity contribution is -0.144. The van der Waals surface area contributed by atoms with Crippen LogP contribution < -0.4 is 5.32 Å². The summed E-state index contributed by atoms with van der Waals surface area (Å²) in [5.41, 5.74) is 1.33. The van der Waals surface area contributed by atoms with Crippen molar-refractivity contribution in [3.63, 3.8) is 0 Å². The molecule has 1 aliphatic heterocycles. The summed E-state index contributed by atoms with van der Waals surface area (Å²) in [5.74, 6) is -1.45. The number of ether oxygens (including phenoxy) is 1. The second-order valence-corrected chi connectivity index (χ2v) is 5.68. The fourth-order valence-corrected chi connectivity index (χ4v) is 2.64. The summed E-state index contributed by atoms with van der Waals surface area (Å²) in [5, 5.41) is 2.45. The number of hydrogen-bond donors (Lipinski definition) is 1. The predicted molar refractivity (Wildman–Crippen MR) is 82.8 cm³/mol. The summed E-state index contributed by atoms with van der Waals surface area (Å²) in [6, 6.07) is 4.47. The lowest BCUT2D eigenvalue weighted by atomic mass is 10.1. The van der Waals surface area contributed by atoms with Crippen LogP contribution in [0.1, 0.15) is 22.8 Å². The molecule has 116 valence electrons. The number of benzene rings is 1. The van der Waals surface area contributed by atoms with Gasteiger partial charge in [-0.3, -0.25) is 14.5 Å². The van der Waals surface area contributed by atoms with E-state index in [1.54, 1.807) is 12.1 Å². The molecule has 0 saturated carbocycles. The van der Waals surface area contributed by atoms with Gasteiger partial charge in [-0.1, -0.05) is 28.6 Å². The van der Waals surface area contributed by atoms with Crippen LogP contribution in [-0.4, -0.2) is 35.8 Å². The molecule has 2 amide bonds. The van der Waals surface area contributed by atoms with E-state index in [2.05, 4.69) is 32.6 Å². The first-order valence-corrected chi connectivity index (χ1v) is 7.33. The topological polar surface area (TPSA) is 75.7 Å². The van der Waals surface area contributed by atoms with Crippen molar-refractivity contribution in [3.8, 4) is 0 Å². The Morgan fingerprint density at radius 3 is 2.73 bits per heavy atom. The molecule has 1 heterocycles. The van der Waals surface area contributed by atoms with Gasteiger partial charge in [-0.15, -0.1) is 0 Å². The second kappa shape index (κ2) is 6.31. The molecule has 0 spiro atoms. The molecule has 1 aromatic carbocycles. The highest BCUT2D eigenvalue weighted by Crippen LogP contribution is 2.31. The molecule has 0 bridgehead atoms. The maximum Gasteiger partial charge on any atom is 0.328 e. The minimum absolute atomic E-state index is 0.0103. The minimum Gasteiger partial charge on any atom is -0.467 e. The molecular weight excluding hydrogens is 352 g/mol. The first-order chi connectivity index (χ1) is 10.4. The van der Waals surface area contributed by atoms with Crippen molar-refractivity contribution in [3.05, 3.63) is 46.1 Å². The van der Waals surface area contributed by atoms with Crippen LogP contribution in [0.25, 0.3) is 0 Å². The number of hydrogen-bond acceptors (Lipinski definition) is 4. The van der Waals surface area contributed by atoms with Crippen molar-refractivity contribution in [2.24, 2.45) is 0 Å². The van der Waals surface area contributed by atoms with E-state index in [-0.39, 0.29) is 18.1 Å². The molecule has 2 rings (SSSR count). The fraction of sp³-hybridized carbons (Fsp3) is 0.267. The van der Waals surface area contributed by atoms with Gasteiger partial charge < -0.3 is 10.1 Å². The van der Waals surface area contributed by atoms with E-state index < -0.39 is 17.9 Å². The zero-order chi connectivity index (χ0) is 16.4. The first-order valence-electron chi connectivity index (χ1n) is 6.53. The summed E-state index contributed by atoms with van der Waals surface area (Å²) in [6.45, 7) is 5.42. The Bertz CT molecular complexity index is 672. The van der Waals surface area contributed by atoms with Gasteiger partial charge in [0.2, 0.25) is 0 Å². The number of rotatable bonds is 4. The van der Waals surface area contributed by atoms with Gasteiger partial charge in [0.25, 0.3) is 11.8 Å². The Labute approximate surface area is 136 Å². The number of nitrogens with one attached hydrogen (secondary N) is 1. The van der Waals surface area contributed by atoms with E-state index in [1.807, 2.05) is 6.07 Å². The van der Waals surface area contributed by atoms with E-state index in [1.165, 1.54) is 18.9 Å². The Balaban J connectivity index is 2.12. The molecule has 0 fully saturated rings. The molecule has 0 aromatic heterocycles. The first kappa shape index (κ1) is 16.2. The van der Waals surface area contributed by atoms with Crippen LogP contribution in [0.15, 0.2) is 34.9 Å². The Morgan fingerprint density at radius 2 is 2.14 bits per heavy atom. The molecule has 1 atom stereocenters. The molecule has 1 N–H and O–H groups in total. The molecule has 1 aromatic rings. The number of fused-ring (bicyclic) bond motifs is 1. The van der Waals surface area contributed by atoms with E-state index in [0.717, 1.165) is 10.0 Å². The molecular formula is C15H15BrN2O4. The number of amides is 2. The third-order valence-electron chi connectivity index (χ3n) is 3.40. The maximum absolute atomic E-state index is 12.3. The largest absolute Gasteiger partial charge is 0.467 e. The number of methoxy groups -OCH3 is 1. The summed E-state index contributed by atoms with van der Waals surface area (Å²) < 4.78 is 5.34. The van der Waals surface area contributed by atoms with Crippen molar-refractivity contribution in [2.45, 2.75) is 19.5 Å². The predicted octanol–water partition coefficient (Wildman–Crippen LogP) is 1.60. The highest BCUT2D eigenvalue weighted by atomic mass is 79.9. The summed E-state index contributed by atoms with van der Waals surface area (Å²) >= 11 is 3.39. The van der Waals surface area contributed by atoms with Crippen molar-refractivity contribution >= 4 is 33.7 Å². The summed E-state index contributed by atoms with van der Waals surface area (Å²) in [4.78, 5) is 37.1. The van der Waals surface area contributed by atoms with Crippen LogP contribution in [0.2, 0.25) is 0 Å².